The molecule has 1 aliphatic rings. The maximum absolute atomic E-state index is 10.2. The van der Waals surface area contributed by atoms with E-state index in [-0.39, 0.29) is 0 Å². The van der Waals surface area contributed by atoms with Crippen LogP contribution in [0.5, 0.6) is 0 Å². The third-order valence-corrected chi connectivity index (χ3v) is 1.95. The lowest BCUT2D eigenvalue weighted by molar-refractivity contribution is 0.700. The molecule has 0 atom stereocenters. The molecule has 0 heterocycles. The van der Waals surface area contributed by atoms with Crippen molar-refractivity contribution in [2.45, 2.75) is 0 Å². The van der Waals surface area contributed by atoms with Crippen LogP contribution in [0.15, 0.2) is 24.3 Å². The molecule has 0 spiro atoms. The van der Waals surface area contributed by atoms with Gasteiger partial charge in [-0.3, -0.25) is 0 Å². The predicted octanol–water partition coefficient (Wildman–Crippen LogP) is -0.117. The van der Waals surface area contributed by atoms with Crippen LogP contribution in [-0.2, 0) is 22.5 Å². The smallest absolute Gasteiger partial charge is 0.0965 e. The second-order valence-electron chi connectivity index (χ2n) is 1.64. The zero-order chi connectivity index (χ0) is 7.40. The maximum atomic E-state index is 10.2. The molecule has 0 N–H and O–H groups in total. The third-order valence-electron chi connectivity index (χ3n) is 1.02. The van der Waals surface area contributed by atoms with Gasteiger partial charge in [0, 0.05) is 0 Å². The fourth-order valence-electron chi connectivity index (χ4n) is 0.551. The number of hydrogen-bond donors (Lipinski definition) is 0. The average Bonchev–Trinajstić information content (AvgIpc) is 2.05. The lowest BCUT2D eigenvalue weighted by Gasteiger charge is -1.92. The van der Waals surface area contributed by atoms with E-state index in [1.165, 1.54) is 0 Å². The quantitative estimate of drug-likeness (QED) is 0.477. The van der Waals surface area contributed by atoms with Crippen molar-refractivity contribution in [3.63, 3.8) is 0 Å². The summed E-state index contributed by atoms with van der Waals surface area (Å²) in [5.74, 6) is 0. The highest BCUT2D eigenvalue weighted by Gasteiger charge is 1.95. The predicted molar refractivity (Wildman–Crippen MR) is 44.6 cm³/mol. The Morgan fingerprint density at radius 3 is 1.30 bits per heavy atom. The second kappa shape index (κ2) is 3.43. The molecule has 0 amide bonds. The van der Waals surface area contributed by atoms with Gasteiger partial charge in [0.2, 0.25) is 0 Å². The summed E-state index contributed by atoms with van der Waals surface area (Å²) in [6.07, 6.45) is 6.55. The van der Waals surface area contributed by atoms with Gasteiger partial charge >= 0.3 is 0 Å². The van der Waals surface area contributed by atoms with Gasteiger partial charge in [-0.25, -0.2) is 8.42 Å². The molecule has 0 radical (unpaired) electrons. The monoisotopic (exact) mass is 172 g/mol. The van der Waals surface area contributed by atoms with E-state index in [9.17, 15) is 8.42 Å². The first kappa shape index (κ1) is 7.37. The minimum atomic E-state index is 0.427. The molecule has 10 heavy (non-hydrogen) atoms. The van der Waals surface area contributed by atoms with Crippen LogP contribution in [0, 0.1) is 0 Å². The first-order chi connectivity index (χ1) is 4.86. The molecule has 0 fully saturated rings. The summed E-state index contributed by atoms with van der Waals surface area (Å²) in [4.78, 5) is 1.27. The van der Waals surface area contributed by atoms with Crippen LogP contribution < -0.4 is 0 Å². The van der Waals surface area contributed by atoms with Gasteiger partial charge in [-0.05, 0) is 24.3 Å². The first-order valence-electron chi connectivity index (χ1n) is 2.56. The second-order valence-corrected chi connectivity index (χ2v) is 2.91. The summed E-state index contributed by atoms with van der Waals surface area (Å²) in [6.45, 7) is 0. The van der Waals surface area contributed by atoms with Gasteiger partial charge in [0.05, 0.1) is 32.2 Å². The lowest BCUT2D eigenvalue weighted by Crippen LogP contribution is -1.98. The molecule has 0 aromatic carbocycles. The standard InChI is InChI=1S/C6H4O2S2/c7-9-5-1-2-6(10-8)4-3-5/h1-4H. The van der Waals surface area contributed by atoms with Crippen LogP contribution in [0.4, 0.5) is 0 Å². The van der Waals surface area contributed by atoms with Crippen LogP contribution >= 0.6 is 0 Å². The summed E-state index contributed by atoms with van der Waals surface area (Å²) in [5.41, 5.74) is 0. The minimum Gasteiger partial charge on any atom is -0.212 e. The zero-order valence-corrected chi connectivity index (χ0v) is 6.58. The van der Waals surface area contributed by atoms with Crippen LogP contribution in [0.3, 0.4) is 0 Å². The van der Waals surface area contributed by atoms with E-state index in [1.807, 2.05) is 0 Å². The van der Waals surface area contributed by atoms with Gasteiger partial charge in [0.25, 0.3) is 0 Å². The number of rotatable bonds is 0. The van der Waals surface area contributed by atoms with Gasteiger partial charge < -0.3 is 0 Å². The molecule has 0 bridgehead atoms. The van der Waals surface area contributed by atoms with Crippen LogP contribution in [0.2, 0.25) is 0 Å². The highest BCUT2D eigenvalue weighted by atomic mass is 32.1. The SMILES string of the molecule is O=S=C1C=CC(=S=O)C=C1. The lowest BCUT2D eigenvalue weighted by atomic mass is 10.2. The zero-order valence-electron chi connectivity index (χ0n) is 4.94. The van der Waals surface area contributed by atoms with Gasteiger partial charge in [-0.2, -0.15) is 0 Å². The number of hydrogen-bond acceptors (Lipinski definition) is 2. The summed E-state index contributed by atoms with van der Waals surface area (Å²) in [7, 11) is 0. The summed E-state index contributed by atoms with van der Waals surface area (Å²) in [5, 5.41) is 0. The van der Waals surface area contributed by atoms with Crippen molar-refractivity contribution in [3.8, 4) is 0 Å². The minimum absolute atomic E-state index is 0.427. The van der Waals surface area contributed by atoms with E-state index in [1.54, 1.807) is 24.3 Å². The molecular weight excluding hydrogens is 168 g/mol. The van der Waals surface area contributed by atoms with Gasteiger partial charge in [0.15, 0.2) is 0 Å². The summed E-state index contributed by atoms with van der Waals surface area (Å²) < 4.78 is 20.3. The molecule has 0 aromatic rings. The summed E-state index contributed by atoms with van der Waals surface area (Å²) >= 11 is 0.853. The molecular formula is C6H4O2S2. The van der Waals surface area contributed by atoms with E-state index in [0.29, 0.717) is 32.2 Å². The Labute approximate surface area is 65.4 Å². The molecule has 52 valence electrons. The van der Waals surface area contributed by atoms with Gasteiger partial charge in [-0.15, -0.1) is 0 Å². The van der Waals surface area contributed by atoms with Crippen molar-refractivity contribution < 1.29 is 8.42 Å². The van der Waals surface area contributed by atoms with Crippen LogP contribution in [0.25, 0.3) is 0 Å². The van der Waals surface area contributed by atoms with E-state index in [0.717, 1.165) is 0 Å². The van der Waals surface area contributed by atoms with Crippen LogP contribution in [-0.4, -0.2) is 18.1 Å². The molecule has 0 saturated carbocycles. The van der Waals surface area contributed by atoms with E-state index < -0.39 is 0 Å². The Kier molecular flexibility index (Phi) is 2.53. The first-order valence-corrected chi connectivity index (χ1v) is 4.05. The largest absolute Gasteiger partial charge is 0.212 e. The van der Waals surface area contributed by atoms with Crippen LogP contribution in [0.1, 0.15) is 0 Å². The Hall–Kier alpha value is -0.740. The maximum Gasteiger partial charge on any atom is 0.0965 e. The van der Waals surface area contributed by atoms with Gasteiger partial charge in [-0.1, -0.05) is 0 Å². The van der Waals surface area contributed by atoms with Crippen molar-refractivity contribution in [2.75, 3.05) is 0 Å². The molecule has 0 saturated heterocycles. The van der Waals surface area contributed by atoms with E-state index in [4.69, 9.17) is 0 Å². The molecule has 1 rings (SSSR count). The Bertz CT molecular complexity index is 254. The Morgan fingerprint density at radius 1 is 0.800 bits per heavy atom. The molecule has 2 nitrogen and oxygen atoms in total. The molecule has 0 unspecified atom stereocenters. The normalized spacial score (nSPS) is 15.6. The highest BCUT2D eigenvalue weighted by Crippen LogP contribution is 1.92. The summed E-state index contributed by atoms with van der Waals surface area (Å²) in [6, 6.07) is 0. The third kappa shape index (κ3) is 1.62. The average molecular weight is 172 g/mol. The molecule has 4 heteroatoms. The topological polar surface area (TPSA) is 34.1 Å². The Balaban J connectivity index is 3.02. The number of allylic oxidation sites excluding steroid dienone is 4. The molecule has 1 aliphatic carbocycles. The van der Waals surface area contributed by atoms with Crippen molar-refractivity contribution in [1.82, 2.24) is 0 Å². The van der Waals surface area contributed by atoms with Crippen molar-refractivity contribution in [2.24, 2.45) is 0 Å². The van der Waals surface area contributed by atoms with Crippen molar-refractivity contribution in [3.05, 3.63) is 24.3 Å². The van der Waals surface area contributed by atoms with E-state index in [2.05, 4.69) is 0 Å². The molecule has 0 aromatic heterocycles. The Morgan fingerprint density at radius 2 is 1.10 bits per heavy atom. The van der Waals surface area contributed by atoms with Crippen molar-refractivity contribution in [1.29, 1.82) is 0 Å². The molecule has 0 aliphatic heterocycles. The van der Waals surface area contributed by atoms with Gasteiger partial charge in [0.1, 0.15) is 0 Å². The highest BCUT2D eigenvalue weighted by molar-refractivity contribution is 7.68. The van der Waals surface area contributed by atoms with E-state index >= 15 is 0 Å². The van der Waals surface area contributed by atoms with Crippen molar-refractivity contribution >= 4 is 32.2 Å². The fourth-order valence-corrected chi connectivity index (χ4v) is 1.05. The fraction of sp³-hybridized carbons (Fsp3) is 0.